The lowest BCUT2D eigenvalue weighted by Gasteiger charge is -2.26. The number of carboxylic acid groups (broad SMARTS) is 1. The van der Waals surface area contributed by atoms with Crippen LogP contribution in [-0.2, 0) is 4.79 Å². The first-order chi connectivity index (χ1) is 8.80. The zero-order valence-corrected chi connectivity index (χ0v) is 11.5. The summed E-state index contributed by atoms with van der Waals surface area (Å²) in [5, 5.41) is 21.1. The van der Waals surface area contributed by atoms with Crippen molar-refractivity contribution in [3.8, 4) is 5.75 Å². The van der Waals surface area contributed by atoms with E-state index in [0.29, 0.717) is 12.8 Å². The van der Waals surface area contributed by atoms with Crippen molar-refractivity contribution in [3.05, 3.63) is 28.8 Å². The van der Waals surface area contributed by atoms with Gasteiger partial charge in [0, 0.05) is 0 Å². The van der Waals surface area contributed by atoms with E-state index in [2.05, 4.69) is 5.32 Å². The normalized spacial score (nSPS) is 13.6. The standard InChI is InChI=1S/C13H16ClNO4/c1-3-6-13(2,12(18)19)15-11(17)9-7-8(16)4-5-10(9)14/h4-5,7,16H,3,6H2,1-2H3,(H,15,17)(H,18,19). The molecule has 1 unspecified atom stereocenters. The summed E-state index contributed by atoms with van der Waals surface area (Å²) in [6.45, 7) is 3.27. The fourth-order valence-corrected chi connectivity index (χ4v) is 1.93. The Bertz CT molecular complexity index is 503. The highest BCUT2D eigenvalue weighted by Crippen LogP contribution is 2.22. The van der Waals surface area contributed by atoms with Crippen LogP contribution in [0, 0.1) is 0 Å². The van der Waals surface area contributed by atoms with Gasteiger partial charge in [-0.05, 0) is 31.5 Å². The zero-order chi connectivity index (χ0) is 14.6. The molecule has 0 aliphatic carbocycles. The number of phenols is 1. The van der Waals surface area contributed by atoms with Gasteiger partial charge in [0.2, 0.25) is 0 Å². The number of benzene rings is 1. The number of carbonyl (C=O) groups excluding carboxylic acids is 1. The molecular formula is C13H16ClNO4. The summed E-state index contributed by atoms with van der Waals surface area (Å²) < 4.78 is 0. The number of phenolic OH excluding ortho intramolecular Hbond substituents is 1. The number of aliphatic carboxylic acids is 1. The molecular weight excluding hydrogens is 270 g/mol. The van der Waals surface area contributed by atoms with E-state index in [1.807, 2.05) is 6.92 Å². The molecule has 0 aromatic heterocycles. The van der Waals surface area contributed by atoms with Crippen LogP contribution in [0.1, 0.15) is 37.0 Å². The second kappa shape index (κ2) is 5.93. The minimum absolute atomic E-state index is 0.0465. The predicted octanol–water partition coefficient (Wildman–Crippen LogP) is 2.42. The Kier molecular flexibility index (Phi) is 4.78. The summed E-state index contributed by atoms with van der Waals surface area (Å²) in [6, 6.07) is 3.93. The van der Waals surface area contributed by atoms with Crippen LogP contribution in [0.15, 0.2) is 18.2 Å². The number of carbonyl (C=O) groups is 2. The first kappa shape index (κ1) is 15.3. The molecule has 19 heavy (non-hydrogen) atoms. The number of carboxylic acids is 1. The van der Waals surface area contributed by atoms with E-state index >= 15 is 0 Å². The van der Waals surface area contributed by atoms with E-state index in [4.69, 9.17) is 11.6 Å². The summed E-state index contributed by atoms with van der Waals surface area (Å²) in [6.07, 6.45) is 0.904. The quantitative estimate of drug-likeness (QED) is 0.775. The van der Waals surface area contributed by atoms with Gasteiger partial charge < -0.3 is 15.5 Å². The first-order valence-corrected chi connectivity index (χ1v) is 6.22. The molecule has 0 saturated heterocycles. The Morgan fingerprint density at radius 1 is 1.42 bits per heavy atom. The third-order valence-corrected chi connectivity index (χ3v) is 3.14. The summed E-state index contributed by atoms with van der Waals surface area (Å²) in [5.41, 5.74) is -1.31. The highest BCUT2D eigenvalue weighted by molar-refractivity contribution is 6.34. The van der Waals surface area contributed by atoms with Crippen LogP contribution in [-0.4, -0.2) is 27.6 Å². The van der Waals surface area contributed by atoms with Crippen LogP contribution in [0.3, 0.4) is 0 Å². The molecule has 0 heterocycles. The molecule has 0 aliphatic rings. The monoisotopic (exact) mass is 285 g/mol. The van der Waals surface area contributed by atoms with Gasteiger partial charge in [0.15, 0.2) is 0 Å². The molecule has 0 aliphatic heterocycles. The van der Waals surface area contributed by atoms with Crippen molar-refractivity contribution in [2.75, 3.05) is 0 Å². The Morgan fingerprint density at radius 2 is 2.05 bits per heavy atom. The number of rotatable bonds is 5. The number of aromatic hydroxyl groups is 1. The third kappa shape index (κ3) is 3.61. The highest BCUT2D eigenvalue weighted by Gasteiger charge is 2.34. The Morgan fingerprint density at radius 3 is 2.58 bits per heavy atom. The molecule has 0 saturated carbocycles. The van der Waals surface area contributed by atoms with Gasteiger partial charge in [-0.1, -0.05) is 24.9 Å². The van der Waals surface area contributed by atoms with E-state index < -0.39 is 17.4 Å². The molecule has 1 amide bonds. The molecule has 1 aromatic carbocycles. The fraction of sp³-hybridized carbons (Fsp3) is 0.385. The maximum Gasteiger partial charge on any atom is 0.329 e. The number of nitrogens with one attached hydrogen (secondary N) is 1. The van der Waals surface area contributed by atoms with Gasteiger partial charge in [-0.3, -0.25) is 4.79 Å². The van der Waals surface area contributed by atoms with Gasteiger partial charge in [0.05, 0.1) is 10.6 Å². The van der Waals surface area contributed by atoms with Crippen LogP contribution < -0.4 is 5.32 Å². The van der Waals surface area contributed by atoms with Crippen LogP contribution in [0.2, 0.25) is 5.02 Å². The molecule has 0 spiro atoms. The van der Waals surface area contributed by atoms with Crippen LogP contribution in [0.5, 0.6) is 5.75 Å². The molecule has 0 bridgehead atoms. The van der Waals surface area contributed by atoms with Gasteiger partial charge in [-0.15, -0.1) is 0 Å². The molecule has 0 fully saturated rings. The van der Waals surface area contributed by atoms with E-state index in [0.717, 1.165) is 0 Å². The predicted molar refractivity (Wildman–Crippen MR) is 71.5 cm³/mol. The SMILES string of the molecule is CCCC(C)(NC(=O)c1cc(O)ccc1Cl)C(=O)O. The fourth-order valence-electron chi connectivity index (χ4n) is 1.73. The van der Waals surface area contributed by atoms with Crippen molar-refractivity contribution in [2.24, 2.45) is 0 Å². The van der Waals surface area contributed by atoms with Gasteiger partial charge in [0.25, 0.3) is 5.91 Å². The molecule has 104 valence electrons. The molecule has 3 N–H and O–H groups in total. The molecule has 1 aromatic rings. The molecule has 1 atom stereocenters. The average Bonchev–Trinajstić information content (AvgIpc) is 2.32. The van der Waals surface area contributed by atoms with Gasteiger partial charge >= 0.3 is 5.97 Å². The number of halogens is 1. The largest absolute Gasteiger partial charge is 0.508 e. The lowest BCUT2D eigenvalue weighted by Crippen LogP contribution is -2.52. The van der Waals surface area contributed by atoms with Gasteiger partial charge in [-0.2, -0.15) is 0 Å². The van der Waals surface area contributed by atoms with Crippen molar-refractivity contribution in [1.82, 2.24) is 5.32 Å². The third-order valence-electron chi connectivity index (χ3n) is 2.81. The number of hydrogen-bond acceptors (Lipinski definition) is 3. The van der Waals surface area contributed by atoms with Crippen molar-refractivity contribution >= 4 is 23.5 Å². The zero-order valence-electron chi connectivity index (χ0n) is 10.7. The lowest BCUT2D eigenvalue weighted by molar-refractivity contribution is -0.144. The second-order valence-corrected chi connectivity index (χ2v) is 4.91. The van der Waals surface area contributed by atoms with Gasteiger partial charge in [-0.25, -0.2) is 4.79 Å². The smallest absolute Gasteiger partial charge is 0.329 e. The van der Waals surface area contributed by atoms with E-state index in [-0.39, 0.29) is 16.3 Å². The molecule has 0 radical (unpaired) electrons. The molecule has 5 nitrogen and oxygen atoms in total. The van der Waals surface area contributed by atoms with E-state index in [1.54, 1.807) is 0 Å². The first-order valence-electron chi connectivity index (χ1n) is 5.84. The Hall–Kier alpha value is -1.75. The molecule has 1 rings (SSSR count). The Balaban J connectivity index is 3.00. The summed E-state index contributed by atoms with van der Waals surface area (Å²) in [4.78, 5) is 23.3. The van der Waals surface area contributed by atoms with Crippen molar-refractivity contribution in [2.45, 2.75) is 32.2 Å². The maximum atomic E-state index is 12.0. The van der Waals surface area contributed by atoms with Crippen molar-refractivity contribution in [1.29, 1.82) is 0 Å². The van der Waals surface area contributed by atoms with Crippen molar-refractivity contribution < 1.29 is 19.8 Å². The minimum Gasteiger partial charge on any atom is -0.508 e. The highest BCUT2D eigenvalue weighted by atomic mass is 35.5. The lowest BCUT2D eigenvalue weighted by atomic mass is 9.95. The number of hydrogen-bond donors (Lipinski definition) is 3. The van der Waals surface area contributed by atoms with Crippen LogP contribution in [0.4, 0.5) is 0 Å². The van der Waals surface area contributed by atoms with Crippen molar-refractivity contribution in [3.63, 3.8) is 0 Å². The summed E-state index contributed by atoms with van der Waals surface area (Å²) in [7, 11) is 0. The number of amides is 1. The topological polar surface area (TPSA) is 86.6 Å². The van der Waals surface area contributed by atoms with E-state index in [1.165, 1.54) is 25.1 Å². The van der Waals surface area contributed by atoms with Gasteiger partial charge in [0.1, 0.15) is 11.3 Å². The Labute approximate surface area is 116 Å². The maximum absolute atomic E-state index is 12.0. The van der Waals surface area contributed by atoms with E-state index in [9.17, 15) is 19.8 Å². The second-order valence-electron chi connectivity index (χ2n) is 4.51. The van der Waals surface area contributed by atoms with Crippen LogP contribution in [0.25, 0.3) is 0 Å². The summed E-state index contributed by atoms with van der Waals surface area (Å²) in [5.74, 6) is -1.85. The minimum atomic E-state index is -1.36. The molecule has 6 heteroatoms. The van der Waals surface area contributed by atoms with Crippen LogP contribution >= 0.6 is 11.6 Å². The summed E-state index contributed by atoms with van der Waals surface area (Å²) >= 11 is 5.86. The average molecular weight is 286 g/mol.